The summed E-state index contributed by atoms with van der Waals surface area (Å²) in [5.74, 6) is -0.0247. The highest BCUT2D eigenvalue weighted by atomic mass is 35.5. The zero-order valence-corrected chi connectivity index (χ0v) is 16.4. The van der Waals surface area contributed by atoms with Crippen LogP contribution in [0, 0.1) is 0 Å². The van der Waals surface area contributed by atoms with E-state index in [0.29, 0.717) is 22.9 Å². The van der Waals surface area contributed by atoms with Crippen molar-refractivity contribution in [3.63, 3.8) is 0 Å². The van der Waals surface area contributed by atoms with E-state index in [0.717, 1.165) is 37.4 Å². The molecule has 0 atom stereocenters. The molecule has 1 saturated heterocycles. The highest BCUT2D eigenvalue weighted by molar-refractivity contribution is 6.35. The third-order valence-electron chi connectivity index (χ3n) is 4.66. The van der Waals surface area contributed by atoms with Crippen molar-refractivity contribution < 1.29 is 4.79 Å². The smallest absolute Gasteiger partial charge is 0.224 e. The largest absolute Gasteiger partial charge is 0.369 e. The van der Waals surface area contributed by atoms with Crippen molar-refractivity contribution in [2.75, 3.05) is 43.4 Å². The standard InChI is InChI=1S/C20H23Cl2N3O/c1-24-10-12-25(13-11-24)18-7-5-17(6-8-18)23-20(26)9-3-15-2-4-16(21)14-19(15)22/h2,4-8,14H,3,9-13H2,1H3,(H,23,26). The number of rotatable bonds is 5. The van der Waals surface area contributed by atoms with Gasteiger partial charge in [-0.25, -0.2) is 0 Å². The summed E-state index contributed by atoms with van der Waals surface area (Å²) in [5, 5.41) is 4.14. The van der Waals surface area contributed by atoms with Crippen molar-refractivity contribution in [3.05, 3.63) is 58.1 Å². The molecule has 1 N–H and O–H groups in total. The van der Waals surface area contributed by atoms with Crippen molar-refractivity contribution in [3.8, 4) is 0 Å². The van der Waals surface area contributed by atoms with Gasteiger partial charge < -0.3 is 15.1 Å². The lowest BCUT2D eigenvalue weighted by molar-refractivity contribution is -0.116. The maximum atomic E-state index is 12.2. The Labute approximate surface area is 164 Å². The zero-order chi connectivity index (χ0) is 18.5. The van der Waals surface area contributed by atoms with E-state index in [4.69, 9.17) is 23.2 Å². The molecule has 2 aromatic carbocycles. The Hall–Kier alpha value is -1.75. The van der Waals surface area contributed by atoms with Crippen LogP contribution in [0.4, 0.5) is 11.4 Å². The number of piperazine rings is 1. The molecule has 0 aromatic heterocycles. The van der Waals surface area contributed by atoms with Crippen LogP contribution in [0.25, 0.3) is 0 Å². The Morgan fingerprint density at radius 3 is 2.38 bits per heavy atom. The van der Waals surface area contributed by atoms with Crippen molar-refractivity contribution in [1.82, 2.24) is 4.90 Å². The maximum absolute atomic E-state index is 12.2. The van der Waals surface area contributed by atoms with Gasteiger partial charge in [0.1, 0.15) is 0 Å². The third kappa shape index (κ3) is 5.13. The Balaban J connectivity index is 1.51. The first-order chi connectivity index (χ1) is 12.5. The van der Waals surface area contributed by atoms with E-state index in [1.54, 1.807) is 12.1 Å². The van der Waals surface area contributed by atoms with E-state index >= 15 is 0 Å². The lowest BCUT2D eigenvalue weighted by atomic mass is 10.1. The van der Waals surface area contributed by atoms with Gasteiger partial charge in [0.05, 0.1) is 0 Å². The van der Waals surface area contributed by atoms with Gasteiger partial charge in [0, 0.05) is 54.0 Å². The highest BCUT2D eigenvalue weighted by Gasteiger charge is 2.14. The molecule has 1 amide bonds. The van der Waals surface area contributed by atoms with E-state index < -0.39 is 0 Å². The summed E-state index contributed by atoms with van der Waals surface area (Å²) in [5.41, 5.74) is 2.94. The van der Waals surface area contributed by atoms with E-state index in [9.17, 15) is 4.79 Å². The van der Waals surface area contributed by atoms with Gasteiger partial charge in [0.25, 0.3) is 0 Å². The first-order valence-corrected chi connectivity index (χ1v) is 9.54. The minimum Gasteiger partial charge on any atom is -0.369 e. The number of hydrogen-bond donors (Lipinski definition) is 1. The Morgan fingerprint density at radius 1 is 1.04 bits per heavy atom. The van der Waals surface area contributed by atoms with Gasteiger partial charge >= 0.3 is 0 Å². The predicted molar refractivity (Wildman–Crippen MR) is 110 cm³/mol. The molecule has 1 aliphatic heterocycles. The second-order valence-corrected chi connectivity index (χ2v) is 7.46. The zero-order valence-electron chi connectivity index (χ0n) is 14.8. The van der Waals surface area contributed by atoms with Crippen LogP contribution < -0.4 is 10.2 Å². The van der Waals surface area contributed by atoms with Crippen LogP contribution in [0.1, 0.15) is 12.0 Å². The number of nitrogens with one attached hydrogen (secondary N) is 1. The topological polar surface area (TPSA) is 35.6 Å². The van der Waals surface area contributed by atoms with Crippen LogP contribution in [-0.4, -0.2) is 44.0 Å². The Morgan fingerprint density at radius 2 is 1.73 bits per heavy atom. The minimum atomic E-state index is -0.0247. The van der Waals surface area contributed by atoms with Gasteiger partial charge in [-0.2, -0.15) is 0 Å². The number of nitrogens with zero attached hydrogens (tertiary/aromatic N) is 2. The number of aryl methyl sites for hydroxylation is 1. The summed E-state index contributed by atoms with van der Waals surface area (Å²) in [6, 6.07) is 13.4. The van der Waals surface area contributed by atoms with Gasteiger partial charge in [0.15, 0.2) is 0 Å². The van der Waals surface area contributed by atoms with Crippen LogP contribution in [0.2, 0.25) is 10.0 Å². The van der Waals surface area contributed by atoms with Crippen LogP contribution >= 0.6 is 23.2 Å². The number of halogens is 2. The quantitative estimate of drug-likeness (QED) is 0.824. The lowest BCUT2D eigenvalue weighted by Gasteiger charge is -2.34. The van der Waals surface area contributed by atoms with Crippen molar-refractivity contribution in [1.29, 1.82) is 0 Å². The van der Waals surface area contributed by atoms with Crippen LogP contribution in [0.3, 0.4) is 0 Å². The van der Waals surface area contributed by atoms with Crippen LogP contribution in [0.5, 0.6) is 0 Å². The molecule has 6 heteroatoms. The molecule has 3 rings (SSSR count). The van der Waals surface area contributed by atoms with Crippen molar-refractivity contribution in [2.45, 2.75) is 12.8 Å². The molecular weight excluding hydrogens is 369 g/mol. The molecule has 2 aromatic rings. The molecule has 138 valence electrons. The normalized spacial score (nSPS) is 15.1. The number of hydrogen-bond acceptors (Lipinski definition) is 3. The number of anilines is 2. The molecule has 26 heavy (non-hydrogen) atoms. The predicted octanol–water partition coefficient (Wildman–Crippen LogP) is 4.32. The van der Waals surface area contributed by atoms with Gasteiger partial charge in [-0.3, -0.25) is 4.79 Å². The first kappa shape index (κ1) is 19.0. The summed E-state index contributed by atoms with van der Waals surface area (Å²) in [6.45, 7) is 4.21. The number of amides is 1. The van der Waals surface area contributed by atoms with Crippen LogP contribution in [0.15, 0.2) is 42.5 Å². The Kier molecular flexibility index (Phi) is 6.41. The molecule has 1 aliphatic rings. The summed E-state index contributed by atoms with van der Waals surface area (Å²) < 4.78 is 0. The molecule has 1 heterocycles. The van der Waals surface area contributed by atoms with Gasteiger partial charge in [-0.1, -0.05) is 29.3 Å². The molecule has 0 bridgehead atoms. The fourth-order valence-electron chi connectivity index (χ4n) is 3.02. The number of benzene rings is 2. The molecule has 0 radical (unpaired) electrons. The molecular formula is C20H23Cl2N3O. The SMILES string of the molecule is CN1CCN(c2ccc(NC(=O)CCc3ccc(Cl)cc3Cl)cc2)CC1. The summed E-state index contributed by atoms with van der Waals surface area (Å²) in [6.07, 6.45) is 0.961. The fourth-order valence-corrected chi connectivity index (χ4v) is 3.52. The second-order valence-electron chi connectivity index (χ2n) is 6.62. The molecule has 0 spiro atoms. The first-order valence-electron chi connectivity index (χ1n) is 8.78. The molecule has 1 fully saturated rings. The monoisotopic (exact) mass is 391 g/mol. The summed E-state index contributed by atoms with van der Waals surface area (Å²) in [7, 11) is 2.15. The Bertz CT molecular complexity index is 756. The highest BCUT2D eigenvalue weighted by Crippen LogP contribution is 2.23. The summed E-state index contributed by atoms with van der Waals surface area (Å²) in [4.78, 5) is 16.9. The van der Waals surface area contributed by atoms with Gasteiger partial charge in [0.2, 0.25) is 5.91 Å². The third-order valence-corrected chi connectivity index (χ3v) is 5.24. The summed E-state index contributed by atoms with van der Waals surface area (Å²) >= 11 is 12.0. The average molecular weight is 392 g/mol. The van der Waals surface area contributed by atoms with E-state index in [2.05, 4.69) is 34.3 Å². The minimum absolute atomic E-state index is 0.0247. The van der Waals surface area contributed by atoms with E-state index in [-0.39, 0.29) is 5.91 Å². The number of carbonyl (C=O) groups excluding carboxylic acids is 1. The number of carbonyl (C=O) groups is 1. The van der Waals surface area contributed by atoms with E-state index in [1.165, 1.54) is 5.69 Å². The van der Waals surface area contributed by atoms with Gasteiger partial charge in [-0.05, 0) is 55.4 Å². The maximum Gasteiger partial charge on any atom is 0.224 e. The lowest BCUT2D eigenvalue weighted by Crippen LogP contribution is -2.44. The molecule has 0 saturated carbocycles. The fraction of sp³-hybridized carbons (Fsp3) is 0.350. The molecule has 0 aliphatic carbocycles. The average Bonchev–Trinajstić information content (AvgIpc) is 2.62. The second kappa shape index (κ2) is 8.76. The molecule has 4 nitrogen and oxygen atoms in total. The van der Waals surface area contributed by atoms with Gasteiger partial charge in [-0.15, -0.1) is 0 Å². The van der Waals surface area contributed by atoms with Crippen molar-refractivity contribution in [2.24, 2.45) is 0 Å². The number of likely N-dealkylation sites (N-methyl/N-ethyl adjacent to an activating group) is 1. The van der Waals surface area contributed by atoms with E-state index in [1.807, 2.05) is 18.2 Å². The molecule has 0 unspecified atom stereocenters. The van der Waals surface area contributed by atoms with Crippen molar-refractivity contribution >= 4 is 40.5 Å². The van der Waals surface area contributed by atoms with Crippen LogP contribution in [-0.2, 0) is 11.2 Å².